The molecule has 3 rings (SSSR count). The van der Waals surface area contributed by atoms with E-state index >= 15 is 0 Å². The van der Waals surface area contributed by atoms with Crippen molar-refractivity contribution in [3.05, 3.63) is 46.5 Å². The zero-order chi connectivity index (χ0) is 12.7. The Labute approximate surface area is 102 Å². The number of nitro groups is 1. The SMILES string of the molecule is COc1c([N+](=O)[O-])ccc2c1oc1ccccc12. The predicted octanol–water partition coefficient (Wildman–Crippen LogP) is 3.50. The summed E-state index contributed by atoms with van der Waals surface area (Å²) in [5.41, 5.74) is 1.00. The molecule has 0 atom stereocenters. The van der Waals surface area contributed by atoms with Crippen LogP contribution in [0.1, 0.15) is 0 Å². The largest absolute Gasteiger partial charge is 0.488 e. The Balaban J connectivity index is 2.48. The molecule has 90 valence electrons. The molecule has 0 N–H and O–H groups in total. The zero-order valence-electron chi connectivity index (χ0n) is 9.54. The van der Waals surface area contributed by atoms with E-state index in [0.29, 0.717) is 11.2 Å². The van der Waals surface area contributed by atoms with Gasteiger partial charge in [0.1, 0.15) is 5.58 Å². The Hall–Kier alpha value is -2.56. The summed E-state index contributed by atoms with van der Waals surface area (Å²) in [5.74, 6) is 0.161. The van der Waals surface area contributed by atoms with Crippen LogP contribution in [0.2, 0.25) is 0 Å². The number of hydrogen-bond donors (Lipinski definition) is 0. The first-order valence-corrected chi connectivity index (χ1v) is 5.35. The van der Waals surface area contributed by atoms with Gasteiger partial charge in [-0.25, -0.2) is 0 Å². The first-order valence-electron chi connectivity index (χ1n) is 5.35. The van der Waals surface area contributed by atoms with Gasteiger partial charge >= 0.3 is 5.69 Å². The lowest BCUT2D eigenvalue weighted by Crippen LogP contribution is -1.93. The Morgan fingerprint density at radius 2 is 1.94 bits per heavy atom. The van der Waals surface area contributed by atoms with E-state index in [9.17, 15) is 10.1 Å². The van der Waals surface area contributed by atoms with Crippen LogP contribution in [0.25, 0.3) is 21.9 Å². The highest BCUT2D eigenvalue weighted by Crippen LogP contribution is 2.39. The number of nitrogens with zero attached hydrogens (tertiary/aromatic N) is 1. The highest BCUT2D eigenvalue weighted by atomic mass is 16.6. The minimum Gasteiger partial charge on any atom is -0.488 e. The fourth-order valence-corrected chi connectivity index (χ4v) is 2.09. The number of ether oxygens (including phenoxy) is 1. The van der Waals surface area contributed by atoms with Gasteiger partial charge in [-0.3, -0.25) is 10.1 Å². The van der Waals surface area contributed by atoms with Crippen LogP contribution in [-0.2, 0) is 0 Å². The Kier molecular flexibility index (Phi) is 2.19. The molecule has 18 heavy (non-hydrogen) atoms. The number of hydrogen-bond acceptors (Lipinski definition) is 4. The number of benzene rings is 2. The quantitative estimate of drug-likeness (QED) is 0.510. The summed E-state index contributed by atoms with van der Waals surface area (Å²) in [4.78, 5) is 10.4. The Morgan fingerprint density at radius 1 is 1.17 bits per heavy atom. The van der Waals surface area contributed by atoms with Gasteiger partial charge in [-0.05, 0) is 12.1 Å². The molecule has 0 amide bonds. The molecule has 0 radical (unpaired) electrons. The second-order valence-corrected chi connectivity index (χ2v) is 3.85. The molecule has 0 aliphatic carbocycles. The molecule has 0 aliphatic heterocycles. The smallest absolute Gasteiger partial charge is 0.314 e. The van der Waals surface area contributed by atoms with Crippen molar-refractivity contribution in [2.45, 2.75) is 0 Å². The van der Waals surface area contributed by atoms with Crippen molar-refractivity contribution in [3.63, 3.8) is 0 Å². The summed E-state index contributed by atoms with van der Waals surface area (Å²) in [6, 6.07) is 10.6. The van der Waals surface area contributed by atoms with Crippen LogP contribution in [0.15, 0.2) is 40.8 Å². The second kappa shape index (κ2) is 3.73. The summed E-state index contributed by atoms with van der Waals surface area (Å²) >= 11 is 0. The standard InChI is InChI=1S/C13H9NO4/c1-17-13-10(14(15)16)7-6-9-8-4-2-3-5-11(8)18-12(9)13/h2-7H,1H3. The van der Waals surface area contributed by atoms with E-state index in [1.54, 1.807) is 6.07 Å². The van der Waals surface area contributed by atoms with Gasteiger partial charge in [-0.15, -0.1) is 0 Å². The molecule has 0 aliphatic rings. The molecule has 0 saturated heterocycles. The van der Waals surface area contributed by atoms with E-state index in [0.717, 1.165) is 10.8 Å². The Morgan fingerprint density at radius 3 is 2.67 bits per heavy atom. The summed E-state index contributed by atoms with van der Waals surface area (Å²) < 4.78 is 10.7. The van der Waals surface area contributed by atoms with E-state index in [-0.39, 0.29) is 11.4 Å². The lowest BCUT2D eigenvalue weighted by Gasteiger charge is -2.01. The van der Waals surface area contributed by atoms with Gasteiger partial charge < -0.3 is 9.15 Å². The van der Waals surface area contributed by atoms with Crippen molar-refractivity contribution in [3.8, 4) is 5.75 Å². The summed E-state index contributed by atoms with van der Waals surface area (Å²) in [6.07, 6.45) is 0. The van der Waals surface area contributed by atoms with E-state index < -0.39 is 4.92 Å². The molecular formula is C13H9NO4. The van der Waals surface area contributed by atoms with E-state index in [4.69, 9.17) is 9.15 Å². The van der Waals surface area contributed by atoms with Crippen LogP contribution in [0.5, 0.6) is 5.75 Å². The summed E-state index contributed by atoms with van der Waals surface area (Å²) in [5, 5.41) is 12.7. The number of furan rings is 1. The maximum absolute atomic E-state index is 10.9. The maximum Gasteiger partial charge on any atom is 0.314 e. The third-order valence-corrected chi connectivity index (χ3v) is 2.88. The van der Waals surface area contributed by atoms with Crippen LogP contribution in [-0.4, -0.2) is 12.0 Å². The normalized spacial score (nSPS) is 10.9. The van der Waals surface area contributed by atoms with Crippen molar-refractivity contribution in [2.75, 3.05) is 7.11 Å². The molecule has 1 heterocycles. The molecule has 1 aromatic heterocycles. The lowest BCUT2D eigenvalue weighted by molar-refractivity contribution is -0.385. The number of fused-ring (bicyclic) bond motifs is 3. The van der Waals surface area contributed by atoms with Crippen molar-refractivity contribution >= 4 is 27.6 Å². The summed E-state index contributed by atoms with van der Waals surface area (Å²) in [7, 11) is 1.40. The lowest BCUT2D eigenvalue weighted by atomic mass is 10.1. The van der Waals surface area contributed by atoms with Gasteiger partial charge in [-0.2, -0.15) is 0 Å². The molecule has 5 heteroatoms. The minimum absolute atomic E-state index is 0.0935. The molecule has 0 bridgehead atoms. The maximum atomic E-state index is 10.9. The van der Waals surface area contributed by atoms with Crippen LogP contribution in [0.3, 0.4) is 0 Å². The van der Waals surface area contributed by atoms with Crippen molar-refractivity contribution in [1.82, 2.24) is 0 Å². The van der Waals surface area contributed by atoms with Crippen LogP contribution in [0, 0.1) is 10.1 Å². The highest BCUT2D eigenvalue weighted by Gasteiger charge is 2.21. The molecular weight excluding hydrogens is 234 g/mol. The monoisotopic (exact) mass is 243 g/mol. The van der Waals surface area contributed by atoms with Crippen molar-refractivity contribution in [2.24, 2.45) is 0 Å². The van der Waals surface area contributed by atoms with Gasteiger partial charge in [0, 0.05) is 16.8 Å². The molecule has 2 aromatic carbocycles. The van der Waals surface area contributed by atoms with E-state index in [2.05, 4.69) is 0 Å². The van der Waals surface area contributed by atoms with Crippen LogP contribution >= 0.6 is 0 Å². The third-order valence-electron chi connectivity index (χ3n) is 2.88. The van der Waals surface area contributed by atoms with Gasteiger partial charge in [0.15, 0.2) is 5.58 Å². The first kappa shape index (κ1) is 10.6. The zero-order valence-corrected chi connectivity index (χ0v) is 9.54. The molecule has 0 saturated carbocycles. The predicted molar refractivity (Wildman–Crippen MR) is 66.9 cm³/mol. The molecule has 0 fully saturated rings. The highest BCUT2D eigenvalue weighted by molar-refractivity contribution is 6.07. The molecule has 0 unspecified atom stereocenters. The van der Waals surface area contributed by atoms with Gasteiger partial charge in [0.25, 0.3) is 0 Å². The van der Waals surface area contributed by atoms with Crippen LogP contribution in [0.4, 0.5) is 5.69 Å². The third kappa shape index (κ3) is 1.34. The number of para-hydroxylation sites is 1. The summed E-state index contributed by atoms with van der Waals surface area (Å²) in [6.45, 7) is 0. The van der Waals surface area contributed by atoms with Gasteiger partial charge in [0.05, 0.1) is 12.0 Å². The van der Waals surface area contributed by atoms with Crippen molar-refractivity contribution < 1.29 is 14.1 Å². The second-order valence-electron chi connectivity index (χ2n) is 3.85. The van der Waals surface area contributed by atoms with Gasteiger partial charge in [0.2, 0.25) is 5.75 Å². The average molecular weight is 243 g/mol. The van der Waals surface area contributed by atoms with E-state index in [1.165, 1.54) is 13.2 Å². The van der Waals surface area contributed by atoms with E-state index in [1.807, 2.05) is 24.3 Å². The van der Waals surface area contributed by atoms with Gasteiger partial charge in [-0.1, -0.05) is 18.2 Å². The molecule has 5 nitrogen and oxygen atoms in total. The minimum atomic E-state index is -0.481. The number of nitro benzene ring substituents is 1. The fraction of sp³-hybridized carbons (Fsp3) is 0.0769. The number of methoxy groups -OCH3 is 1. The molecule has 0 spiro atoms. The number of rotatable bonds is 2. The first-order chi connectivity index (χ1) is 8.72. The molecule has 3 aromatic rings. The fourth-order valence-electron chi connectivity index (χ4n) is 2.09. The topological polar surface area (TPSA) is 65.5 Å². The average Bonchev–Trinajstić information content (AvgIpc) is 2.75. The Bertz CT molecular complexity index is 760. The van der Waals surface area contributed by atoms with Crippen LogP contribution < -0.4 is 4.74 Å². The van der Waals surface area contributed by atoms with Crippen molar-refractivity contribution in [1.29, 1.82) is 0 Å².